The van der Waals surface area contributed by atoms with Crippen molar-refractivity contribution in [2.45, 2.75) is 60.8 Å². The summed E-state index contributed by atoms with van der Waals surface area (Å²) in [5.41, 5.74) is 2.61. The highest BCUT2D eigenvalue weighted by Crippen LogP contribution is 2.33. The summed E-state index contributed by atoms with van der Waals surface area (Å²) in [6.07, 6.45) is 3.63. The molecule has 1 unspecified atom stereocenters. The maximum atomic E-state index is 4.13. The summed E-state index contributed by atoms with van der Waals surface area (Å²) in [6.45, 7) is 23.5. The third-order valence-corrected chi connectivity index (χ3v) is 4.37. The molecule has 0 aliphatic carbocycles. The molecule has 0 radical (unpaired) electrons. The zero-order valence-corrected chi connectivity index (χ0v) is 14.6. The van der Waals surface area contributed by atoms with Crippen LogP contribution in [0.15, 0.2) is 24.6 Å². The molecule has 0 aliphatic heterocycles. The average molecular weight is 280 g/mol. The molecule has 0 amide bonds. The van der Waals surface area contributed by atoms with Crippen LogP contribution in [0.1, 0.15) is 60.8 Å². The number of allylic oxidation sites excluding steroid dienone is 2. The minimum Gasteiger partial charge on any atom is -0.387 e. The minimum atomic E-state index is 0.439. The van der Waals surface area contributed by atoms with Crippen molar-refractivity contribution in [1.82, 2.24) is 10.6 Å². The second-order valence-electron chi connectivity index (χ2n) is 7.23. The van der Waals surface area contributed by atoms with Gasteiger partial charge in [0.15, 0.2) is 0 Å². The quantitative estimate of drug-likeness (QED) is 0.536. The third kappa shape index (κ3) is 9.06. The smallest absolute Gasteiger partial charge is 0.0317 e. The van der Waals surface area contributed by atoms with E-state index >= 15 is 0 Å². The first-order valence-electron chi connectivity index (χ1n) is 7.96. The molecule has 0 aliphatic rings. The summed E-state index contributed by atoms with van der Waals surface area (Å²) in [6, 6.07) is 0. The second kappa shape index (κ2) is 9.10. The van der Waals surface area contributed by atoms with Gasteiger partial charge in [-0.05, 0) is 43.4 Å². The lowest BCUT2D eigenvalue weighted by molar-refractivity contribution is 0.210. The monoisotopic (exact) mass is 280 g/mol. The molecule has 0 saturated heterocycles. The molecule has 0 heterocycles. The van der Waals surface area contributed by atoms with Crippen molar-refractivity contribution in [3.63, 3.8) is 0 Å². The van der Waals surface area contributed by atoms with Crippen molar-refractivity contribution < 1.29 is 0 Å². The molecule has 2 heteroatoms. The van der Waals surface area contributed by atoms with Crippen LogP contribution in [0.2, 0.25) is 0 Å². The molecule has 0 aromatic rings. The molecule has 0 saturated carbocycles. The van der Waals surface area contributed by atoms with Gasteiger partial charge in [-0.2, -0.15) is 0 Å². The van der Waals surface area contributed by atoms with E-state index in [-0.39, 0.29) is 0 Å². The maximum absolute atomic E-state index is 4.13. The predicted octanol–water partition coefficient (Wildman–Crippen LogP) is 4.70. The first-order chi connectivity index (χ1) is 9.15. The first kappa shape index (κ1) is 19.1. The highest BCUT2D eigenvalue weighted by Gasteiger charge is 2.22. The van der Waals surface area contributed by atoms with E-state index < -0.39 is 0 Å². The molecule has 0 fully saturated rings. The van der Waals surface area contributed by atoms with Crippen molar-refractivity contribution in [1.29, 1.82) is 0 Å². The molecule has 118 valence electrons. The van der Waals surface area contributed by atoms with E-state index in [0.717, 1.165) is 36.8 Å². The van der Waals surface area contributed by atoms with Gasteiger partial charge in [0.1, 0.15) is 0 Å². The standard InChI is InChI=1S/C18H36N2/c1-14(2)18(7,8)10-9-16(5)13-17(6)20-12-11-19-15(3)4/h14,16,19-20H,3,6,9-13H2,1-2,4-5,7-8H3. The first-order valence-corrected chi connectivity index (χ1v) is 7.96. The van der Waals surface area contributed by atoms with Crippen molar-refractivity contribution in [2.75, 3.05) is 13.1 Å². The Balaban J connectivity index is 3.83. The van der Waals surface area contributed by atoms with Crippen molar-refractivity contribution in [3.05, 3.63) is 24.6 Å². The van der Waals surface area contributed by atoms with Crippen LogP contribution in [0.3, 0.4) is 0 Å². The maximum Gasteiger partial charge on any atom is 0.0317 e. The number of rotatable bonds is 11. The van der Waals surface area contributed by atoms with E-state index in [0.29, 0.717) is 11.3 Å². The molecule has 0 aromatic carbocycles. The summed E-state index contributed by atoms with van der Waals surface area (Å²) in [7, 11) is 0. The highest BCUT2D eigenvalue weighted by atomic mass is 14.9. The van der Waals surface area contributed by atoms with Crippen molar-refractivity contribution in [3.8, 4) is 0 Å². The zero-order chi connectivity index (χ0) is 15.8. The van der Waals surface area contributed by atoms with Gasteiger partial charge in [0.05, 0.1) is 0 Å². The van der Waals surface area contributed by atoms with Crippen LogP contribution in [0.25, 0.3) is 0 Å². The van der Waals surface area contributed by atoms with Gasteiger partial charge < -0.3 is 10.6 Å². The Hall–Kier alpha value is -0.920. The molecule has 0 bridgehead atoms. The SMILES string of the molecule is C=C(C)NCCNC(=C)CC(C)CCC(C)(C)C(C)C. The molecule has 2 nitrogen and oxygen atoms in total. The van der Waals surface area contributed by atoms with Crippen LogP contribution >= 0.6 is 0 Å². The van der Waals surface area contributed by atoms with Gasteiger partial charge in [0.2, 0.25) is 0 Å². The van der Waals surface area contributed by atoms with Crippen LogP contribution in [-0.2, 0) is 0 Å². The van der Waals surface area contributed by atoms with Gasteiger partial charge in [-0.25, -0.2) is 0 Å². The Bertz CT molecular complexity index is 303. The molecular formula is C18H36N2. The fraction of sp³-hybridized carbons (Fsp3) is 0.778. The minimum absolute atomic E-state index is 0.439. The van der Waals surface area contributed by atoms with Crippen LogP contribution in [0.4, 0.5) is 0 Å². The predicted molar refractivity (Wildman–Crippen MR) is 91.6 cm³/mol. The van der Waals surface area contributed by atoms with Gasteiger partial charge in [0, 0.05) is 24.5 Å². The molecule has 0 rings (SSSR count). The Morgan fingerprint density at radius 1 is 1.05 bits per heavy atom. The Morgan fingerprint density at radius 2 is 1.60 bits per heavy atom. The van der Waals surface area contributed by atoms with E-state index in [9.17, 15) is 0 Å². The van der Waals surface area contributed by atoms with E-state index in [2.05, 4.69) is 58.4 Å². The highest BCUT2D eigenvalue weighted by molar-refractivity contribution is 4.93. The van der Waals surface area contributed by atoms with Gasteiger partial charge in [-0.1, -0.05) is 47.8 Å². The molecule has 1 atom stereocenters. The number of hydrogen-bond acceptors (Lipinski definition) is 2. The average Bonchev–Trinajstić information content (AvgIpc) is 2.32. The van der Waals surface area contributed by atoms with Gasteiger partial charge in [0.25, 0.3) is 0 Å². The Morgan fingerprint density at radius 3 is 2.10 bits per heavy atom. The van der Waals surface area contributed by atoms with Crippen LogP contribution in [0.5, 0.6) is 0 Å². The normalized spacial score (nSPS) is 13.2. The second-order valence-corrected chi connectivity index (χ2v) is 7.23. The van der Waals surface area contributed by atoms with E-state index in [4.69, 9.17) is 0 Å². The van der Waals surface area contributed by atoms with Gasteiger partial charge in [-0.15, -0.1) is 0 Å². The summed E-state index contributed by atoms with van der Waals surface area (Å²) in [5.74, 6) is 1.44. The van der Waals surface area contributed by atoms with Gasteiger partial charge >= 0.3 is 0 Å². The fourth-order valence-corrected chi connectivity index (χ4v) is 2.02. The topological polar surface area (TPSA) is 24.1 Å². The van der Waals surface area contributed by atoms with Crippen molar-refractivity contribution >= 4 is 0 Å². The largest absolute Gasteiger partial charge is 0.387 e. The van der Waals surface area contributed by atoms with Crippen LogP contribution in [0, 0.1) is 17.3 Å². The van der Waals surface area contributed by atoms with E-state index in [1.807, 2.05) is 6.92 Å². The lowest BCUT2D eigenvalue weighted by Crippen LogP contribution is -2.26. The lowest BCUT2D eigenvalue weighted by Gasteiger charge is -2.30. The van der Waals surface area contributed by atoms with Crippen molar-refractivity contribution in [2.24, 2.45) is 17.3 Å². The summed E-state index contributed by atoms with van der Waals surface area (Å²) >= 11 is 0. The molecule has 0 spiro atoms. The number of nitrogens with one attached hydrogen (secondary N) is 2. The molecule has 20 heavy (non-hydrogen) atoms. The molecule has 2 N–H and O–H groups in total. The third-order valence-electron chi connectivity index (χ3n) is 4.37. The number of hydrogen-bond donors (Lipinski definition) is 2. The van der Waals surface area contributed by atoms with E-state index in [1.165, 1.54) is 12.8 Å². The Labute approximate surface area is 127 Å². The van der Waals surface area contributed by atoms with E-state index in [1.54, 1.807) is 0 Å². The summed E-state index contributed by atoms with van der Waals surface area (Å²) in [4.78, 5) is 0. The summed E-state index contributed by atoms with van der Waals surface area (Å²) < 4.78 is 0. The van der Waals surface area contributed by atoms with Gasteiger partial charge in [-0.3, -0.25) is 0 Å². The molecular weight excluding hydrogens is 244 g/mol. The lowest BCUT2D eigenvalue weighted by atomic mass is 9.76. The van der Waals surface area contributed by atoms with Crippen LogP contribution in [-0.4, -0.2) is 13.1 Å². The zero-order valence-electron chi connectivity index (χ0n) is 14.6. The fourth-order valence-electron chi connectivity index (χ4n) is 2.02. The van der Waals surface area contributed by atoms with Crippen LogP contribution < -0.4 is 10.6 Å². The molecule has 0 aromatic heterocycles. The Kier molecular flexibility index (Phi) is 8.68. The summed E-state index contributed by atoms with van der Waals surface area (Å²) in [5, 5.41) is 6.60.